The molecule has 0 aliphatic carbocycles. The summed E-state index contributed by atoms with van der Waals surface area (Å²) in [5, 5.41) is 0. The first-order valence-corrected chi connectivity index (χ1v) is 8.80. The van der Waals surface area contributed by atoms with Gasteiger partial charge in [0, 0.05) is 26.2 Å². The normalized spacial score (nSPS) is 16.8. The molecule has 84 valence electrons. The van der Waals surface area contributed by atoms with E-state index in [2.05, 4.69) is 27.3 Å². The maximum Gasteiger partial charge on any atom is 0.464 e. The van der Waals surface area contributed by atoms with Gasteiger partial charge in [0.25, 0.3) is 0 Å². The number of rotatable bonds is 2. The molecular weight excluding hydrogens is 284 g/mol. The fourth-order valence-corrected chi connectivity index (χ4v) is 3.90. The molecule has 0 saturated carbocycles. The summed E-state index contributed by atoms with van der Waals surface area (Å²) in [5.74, 6) is 1.73. The van der Waals surface area contributed by atoms with Gasteiger partial charge in [-0.2, -0.15) is 0 Å². The van der Waals surface area contributed by atoms with Gasteiger partial charge in [-0.1, -0.05) is 8.75 Å². The fourth-order valence-electron chi connectivity index (χ4n) is 1.57. The number of piperazine rings is 1. The minimum absolute atomic E-state index is 0.865. The number of aromatic nitrogens is 4. The van der Waals surface area contributed by atoms with Gasteiger partial charge in [-0.25, -0.2) is 0 Å². The maximum atomic E-state index is 4.26. The first-order valence-electron chi connectivity index (χ1n) is 4.67. The summed E-state index contributed by atoms with van der Waals surface area (Å²) in [6, 6.07) is 0. The minimum Gasteiger partial charge on any atom is -0.332 e. The molecule has 0 N–H and O–H groups in total. The Hall–Kier alpha value is -0.580. The Bertz CT molecular complexity index is 380. The molecule has 0 amide bonds. The molecule has 6 nitrogen and oxygen atoms in total. The first kappa shape index (κ1) is 10.6. The van der Waals surface area contributed by atoms with E-state index >= 15 is 0 Å². The molecule has 10 heteroatoms. The van der Waals surface area contributed by atoms with E-state index in [1.165, 1.54) is 42.1 Å². The highest BCUT2D eigenvalue weighted by atomic mass is 32.9. The smallest absolute Gasteiger partial charge is 0.332 e. The van der Waals surface area contributed by atoms with Crippen LogP contribution in [0.1, 0.15) is 0 Å². The topological polar surface area (TPSA) is 58.0 Å². The molecule has 1 aliphatic heterocycles. The zero-order valence-electron chi connectivity index (χ0n) is 8.14. The van der Waals surface area contributed by atoms with Gasteiger partial charge in [-0.05, 0) is 0 Å². The summed E-state index contributed by atoms with van der Waals surface area (Å²) in [6.07, 6.45) is 0. The molecule has 1 fully saturated rings. The van der Waals surface area contributed by atoms with Crippen LogP contribution in [-0.2, 0) is 0 Å². The molecular formula is C6H8N6S4+2. The maximum absolute atomic E-state index is 4.26. The lowest BCUT2D eigenvalue weighted by Crippen LogP contribution is -2.47. The molecule has 0 radical (unpaired) electrons. The number of anilines is 2. The molecule has 1 aliphatic rings. The van der Waals surface area contributed by atoms with Gasteiger partial charge in [0.2, 0.25) is 0 Å². The Morgan fingerprint density at radius 2 is 1.25 bits per heavy atom. The van der Waals surface area contributed by atoms with Crippen LogP contribution in [-0.4, -0.2) is 43.7 Å². The van der Waals surface area contributed by atoms with Gasteiger partial charge in [-0.15, -0.1) is 0 Å². The Morgan fingerprint density at radius 3 is 1.56 bits per heavy atom. The highest BCUT2D eigenvalue weighted by molar-refractivity contribution is 7.64. The van der Waals surface area contributed by atoms with Crippen LogP contribution in [0, 0.1) is 0 Å². The summed E-state index contributed by atoms with van der Waals surface area (Å²) in [5.41, 5.74) is 0. The lowest BCUT2D eigenvalue weighted by atomic mass is 10.3. The molecule has 3 rings (SSSR count). The van der Waals surface area contributed by atoms with Gasteiger partial charge in [-0.3, -0.25) is 0 Å². The van der Waals surface area contributed by atoms with Gasteiger partial charge in [0.15, 0.2) is 0 Å². The molecule has 3 heterocycles. The second-order valence-corrected chi connectivity index (χ2v) is 6.35. The summed E-state index contributed by atoms with van der Waals surface area (Å²) >= 11 is 0. The van der Waals surface area contributed by atoms with E-state index in [0.29, 0.717) is 0 Å². The van der Waals surface area contributed by atoms with Crippen LogP contribution >= 0.6 is 42.1 Å². The molecule has 0 spiro atoms. The number of hydrogen-bond donors (Lipinski definition) is 0. The quantitative estimate of drug-likeness (QED) is 0.616. The lowest BCUT2D eigenvalue weighted by molar-refractivity contribution is 0.636. The van der Waals surface area contributed by atoms with Crippen LogP contribution in [0.2, 0.25) is 0 Å². The van der Waals surface area contributed by atoms with E-state index in [1.807, 2.05) is 0 Å². The van der Waals surface area contributed by atoms with Crippen LogP contribution in [0.3, 0.4) is 0 Å². The predicted molar refractivity (Wildman–Crippen MR) is 68.8 cm³/mol. The van der Waals surface area contributed by atoms with Crippen molar-refractivity contribution in [2.24, 2.45) is 0 Å². The Morgan fingerprint density at radius 1 is 0.812 bits per heavy atom. The zero-order chi connectivity index (χ0) is 10.8. The Labute approximate surface area is 107 Å². The van der Waals surface area contributed by atoms with E-state index in [0.717, 1.165) is 38.1 Å². The molecule has 0 bridgehead atoms. The molecule has 0 aromatic carbocycles. The van der Waals surface area contributed by atoms with Gasteiger partial charge < -0.3 is 9.80 Å². The third-order valence-electron chi connectivity index (χ3n) is 2.39. The molecule has 2 aromatic rings. The van der Waals surface area contributed by atoms with Crippen molar-refractivity contribution in [3.63, 3.8) is 0 Å². The van der Waals surface area contributed by atoms with Crippen molar-refractivity contribution < 1.29 is 0 Å². The van der Waals surface area contributed by atoms with Crippen LogP contribution in [0.4, 0.5) is 11.9 Å². The molecule has 2 aromatic heterocycles. The van der Waals surface area contributed by atoms with Crippen LogP contribution in [0.15, 0.2) is 0 Å². The lowest BCUT2D eigenvalue weighted by Gasteiger charge is -2.31. The van der Waals surface area contributed by atoms with E-state index in [9.17, 15) is 0 Å². The van der Waals surface area contributed by atoms with E-state index in [-0.39, 0.29) is 0 Å². The van der Waals surface area contributed by atoms with Gasteiger partial charge in [0.1, 0.15) is 0 Å². The second-order valence-electron chi connectivity index (χ2n) is 3.24. The van der Waals surface area contributed by atoms with Crippen molar-refractivity contribution in [1.29, 1.82) is 0 Å². The molecule has 0 unspecified atom stereocenters. The van der Waals surface area contributed by atoms with Gasteiger partial charge in [0.05, 0.1) is 8.75 Å². The Balaban J connectivity index is 1.64. The monoisotopic (exact) mass is 292 g/mol. The van der Waals surface area contributed by atoms with E-state index < -0.39 is 0 Å². The van der Waals surface area contributed by atoms with Crippen LogP contribution < -0.4 is 9.80 Å². The van der Waals surface area contributed by atoms with E-state index in [4.69, 9.17) is 0 Å². The zero-order valence-corrected chi connectivity index (χ0v) is 11.4. The fraction of sp³-hybridized carbons (Fsp3) is 0.667. The average molecular weight is 292 g/mol. The molecule has 16 heavy (non-hydrogen) atoms. The number of hydrogen-bond acceptors (Lipinski definition) is 8. The standard InChI is InChI=1S/C6H8N6S4/c1-2-12(6-9-15-16-10-6)4-3-11(1)5-7-13-14-8-5/h1-4H2/q+2. The first-order chi connectivity index (χ1) is 7.93. The third-order valence-corrected chi connectivity index (χ3v) is 4.77. The summed E-state index contributed by atoms with van der Waals surface area (Å²) in [7, 11) is 5.74. The largest absolute Gasteiger partial charge is 0.464 e. The predicted octanol–water partition coefficient (Wildman–Crippen LogP) is 1.40. The molecule has 1 saturated heterocycles. The van der Waals surface area contributed by atoms with Crippen molar-refractivity contribution in [3.8, 4) is 0 Å². The average Bonchev–Trinajstić information content (AvgIpc) is 3.03. The number of nitrogens with zero attached hydrogens (tertiary/aromatic N) is 6. The summed E-state index contributed by atoms with van der Waals surface area (Å²) < 4.78 is 17.0. The minimum atomic E-state index is 0.865. The highest BCUT2D eigenvalue weighted by Crippen LogP contribution is 2.18. The molecule has 0 atom stereocenters. The third kappa shape index (κ3) is 2.10. The summed E-state index contributed by atoms with van der Waals surface area (Å²) in [6.45, 7) is 3.75. The van der Waals surface area contributed by atoms with Crippen molar-refractivity contribution in [2.75, 3.05) is 36.0 Å². The SMILES string of the molecule is C1CN(c2ns[s+]n2)CCN1c1ns[s+]n1. The summed E-state index contributed by atoms with van der Waals surface area (Å²) in [4.78, 5) is 4.42. The van der Waals surface area contributed by atoms with Crippen molar-refractivity contribution in [1.82, 2.24) is 17.5 Å². The van der Waals surface area contributed by atoms with Crippen molar-refractivity contribution >= 4 is 54.0 Å². The van der Waals surface area contributed by atoms with Crippen LogP contribution in [0.25, 0.3) is 0 Å². The van der Waals surface area contributed by atoms with Crippen molar-refractivity contribution in [2.45, 2.75) is 0 Å². The van der Waals surface area contributed by atoms with Gasteiger partial charge >= 0.3 is 54.0 Å². The Kier molecular flexibility index (Phi) is 3.13. The highest BCUT2D eigenvalue weighted by Gasteiger charge is 2.25. The van der Waals surface area contributed by atoms with Crippen molar-refractivity contribution in [3.05, 3.63) is 0 Å². The second kappa shape index (κ2) is 4.73. The van der Waals surface area contributed by atoms with Crippen LogP contribution in [0.5, 0.6) is 0 Å². The van der Waals surface area contributed by atoms with E-state index in [1.54, 1.807) is 0 Å².